The van der Waals surface area contributed by atoms with E-state index >= 15 is 0 Å². The normalized spacial score (nSPS) is 18.4. The second-order valence-electron chi connectivity index (χ2n) is 7.70. The number of nitrogens with zero attached hydrogens (tertiary/aromatic N) is 2. The molecule has 1 aromatic heterocycles. The molecule has 26 heavy (non-hydrogen) atoms. The van der Waals surface area contributed by atoms with Gasteiger partial charge in [-0.1, -0.05) is 49.4 Å². The molecular weight excluding hydrogens is 316 g/mol. The SMILES string of the molecule is CCc1cccc(C(c2ccccn2)N(CC2CC=CCC2)C(C)C)c1. The summed E-state index contributed by atoms with van der Waals surface area (Å²) < 4.78 is 0. The van der Waals surface area contributed by atoms with Gasteiger partial charge in [0.05, 0.1) is 11.7 Å². The Kier molecular flexibility index (Phi) is 6.62. The van der Waals surface area contributed by atoms with E-state index < -0.39 is 0 Å². The van der Waals surface area contributed by atoms with Gasteiger partial charge in [-0.25, -0.2) is 0 Å². The van der Waals surface area contributed by atoms with Crippen LogP contribution in [0.4, 0.5) is 0 Å². The van der Waals surface area contributed by atoms with Crippen molar-refractivity contribution in [1.29, 1.82) is 0 Å². The molecule has 1 aliphatic carbocycles. The first kappa shape index (κ1) is 18.8. The first-order valence-electron chi connectivity index (χ1n) is 10.1. The Bertz CT molecular complexity index is 705. The Hall–Kier alpha value is -1.93. The average Bonchev–Trinajstić information content (AvgIpc) is 2.69. The van der Waals surface area contributed by atoms with Crippen LogP contribution in [0.3, 0.4) is 0 Å². The zero-order valence-electron chi connectivity index (χ0n) is 16.4. The molecule has 2 unspecified atom stereocenters. The summed E-state index contributed by atoms with van der Waals surface area (Å²) >= 11 is 0. The third kappa shape index (κ3) is 4.62. The Balaban J connectivity index is 1.97. The van der Waals surface area contributed by atoms with E-state index in [0.717, 1.165) is 24.6 Å². The molecule has 0 spiro atoms. The zero-order chi connectivity index (χ0) is 18.4. The topological polar surface area (TPSA) is 16.1 Å². The van der Waals surface area contributed by atoms with Crippen LogP contribution in [0.1, 0.15) is 62.9 Å². The monoisotopic (exact) mass is 348 g/mol. The fourth-order valence-corrected chi connectivity index (χ4v) is 3.99. The molecule has 2 atom stereocenters. The number of benzene rings is 1. The Morgan fingerprint density at radius 3 is 2.65 bits per heavy atom. The van der Waals surface area contributed by atoms with Crippen molar-refractivity contribution in [2.45, 2.75) is 58.5 Å². The molecule has 0 fully saturated rings. The molecule has 2 aromatic rings. The number of hydrogen-bond donors (Lipinski definition) is 0. The van der Waals surface area contributed by atoms with Gasteiger partial charge in [0.25, 0.3) is 0 Å². The van der Waals surface area contributed by atoms with E-state index in [2.05, 4.69) is 74.2 Å². The van der Waals surface area contributed by atoms with Crippen molar-refractivity contribution < 1.29 is 0 Å². The minimum atomic E-state index is 0.216. The van der Waals surface area contributed by atoms with Crippen LogP contribution >= 0.6 is 0 Å². The molecule has 0 N–H and O–H groups in total. The van der Waals surface area contributed by atoms with Crippen LogP contribution in [0.15, 0.2) is 60.8 Å². The lowest BCUT2D eigenvalue weighted by molar-refractivity contribution is 0.141. The van der Waals surface area contributed by atoms with Gasteiger partial charge in [0.1, 0.15) is 0 Å². The Labute approximate surface area is 159 Å². The summed E-state index contributed by atoms with van der Waals surface area (Å²) in [5.41, 5.74) is 3.91. The van der Waals surface area contributed by atoms with Gasteiger partial charge in [-0.15, -0.1) is 0 Å². The van der Waals surface area contributed by atoms with E-state index in [1.165, 1.54) is 30.4 Å². The number of hydrogen-bond acceptors (Lipinski definition) is 2. The number of aromatic nitrogens is 1. The highest BCUT2D eigenvalue weighted by atomic mass is 15.2. The lowest BCUT2D eigenvalue weighted by atomic mass is 9.91. The van der Waals surface area contributed by atoms with Gasteiger partial charge in [-0.2, -0.15) is 0 Å². The molecule has 1 heterocycles. The molecule has 2 nitrogen and oxygen atoms in total. The highest BCUT2D eigenvalue weighted by molar-refractivity contribution is 5.32. The molecule has 0 aliphatic heterocycles. The summed E-state index contributed by atoms with van der Waals surface area (Å²) in [5.74, 6) is 0.739. The average molecular weight is 349 g/mol. The molecule has 0 saturated heterocycles. The summed E-state index contributed by atoms with van der Waals surface area (Å²) in [5, 5.41) is 0. The van der Waals surface area contributed by atoms with Crippen molar-refractivity contribution >= 4 is 0 Å². The summed E-state index contributed by atoms with van der Waals surface area (Å²) in [7, 11) is 0. The van der Waals surface area contributed by atoms with Crippen LogP contribution in [0, 0.1) is 5.92 Å². The highest BCUT2D eigenvalue weighted by Crippen LogP contribution is 2.32. The van der Waals surface area contributed by atoms with Crippen molar-refractivity contribution in [3.63, 3.8) is 0 Å². The first-order chi connectivity index (χ1) is 12.7. The van der Waals surface area contributed by atoms with E-state index in [9.17, 15) is 0 Å². The molecular formula is C24H32N2. The fourth-order valence-electron chi connectivity index (χ4n) is 3.99. The fraction of sp³-hybridized carbons (Fsp3) is 0.458. The van der Waals surface area contributed by atoms with E-state index in [1.807, 2.05) is 12.3 Å². The van der Waals surface area contributed by atoms with Crippen LogP contribution in [0.25, 0.3) is 0 Å². The van der Waals surface area contributed by atoms with Crippen LogP contribution in [0.2, 0.25) is 0 Å². The van der Waals surface area contributed by atoms with Gasteiger partial charge >= 0.3 is 0 Å². The Morgan fingerprint density at radius 2 is 2.00 bits per heavy atom. The van der Waals surface area contributed by atoms with E-state index in [4.69, 9.17) is 4.98 Å². The highest BCUT2D eigenvalue weighted by Gasteiger charge is 2.28. The van der Waals surface area contributed by atoms with Crippen molar-refractivity contribution in [3.8, 4) is 0 Å². The second-order valence-corrected chi connectivity index (χ2v) is 7.70. The molecule has 2 heteroatoms. The van der Waals surface area contributed by atoms with E-state index in [0.29, 0.717) is 6.04 Å². The van der Waals surface area contributed by atoms with Gasteiger partial charge in [-0.05, 0) is 68.7 Å². The van der Waals surface area contributed by atoms with Gasteiger partial charge < -0.3 is 0 Å². The molecule has 0 saturated carbocycles. The van der Waals surface area contributed by atoms with Gasteiger partial charge in [0.2, 0.25) is 0 Å². The van der Waals surface area contributed by atoms with Gasteiger partial charge in [0, 0.05) is 18.8 Å². The standard InChI is InChI=1S/C24H32N2/c1-4-20-13-10-14-22(17-20)24(23-15-8-9-16-25-23)26(19(2)3)18-21-11-6-5-7-12-21/h5-6,8-10,13-17,19,21,24H,4,7,11-12,18H2,1-3H3. The predicted molar refractivity (Wildman–Crippen MR) is 110 cm³/mol. The minimum absolute atomic E-state index is 0.216. The van der Waals surface area contributed by atoms with Crippen molar-refractivity contribution in [1.82, 2.24) is 9.88 Å². The largest absolute Gasteiger partial charge is 0.288 e. The lowest BCUT2D eigenvalue weighted by Crippen LogP contribution is -2.39. The number of aryl methyl sites for hydroxylation is 1. The van der Waals surface area contributed by atoms with Crippen LogP contribution in [-0.4, -0.2) is 22.5 Å². The summed E-state index contributed by atoms with van der Waals surface area (Å²) in [6.45, 7) is 7.99. The molecule has 0 bridgehead atoms. The molecule has 138 valence electrons. The molecule has 0 radical (unpaired) electrons. The smallest absolute Gasteiger partial charge is 0.0778 e. The minimum Gasteiger partial charge on any atom is -0.288 e. The first-order valence-corrected chi connectivity index (χ1v) is 10.1. The molecule has 1 aromatic carbocycles. The second kappa shape index (κ2) is 9.14. The summed E-state index contributed by atoms with van der Waals surface area (Å²) in [4.78, 5) is 7.41. The molecule has 0 amide bonds. The zero-order valence-corrected chi connectivity index (χ0v) is 16.4. The third-order valence-corrected chi connectivity index (χ3v) is 5.48. The number of pyridine rings is 1. The summed E-state index contributed by atoms with van der Waals surface area (Å²) in [6.07, 6.45) is 11.4. The Morgan fingerprint density at radius 1 is 1.12 bits per heavy atom. The third-order valence-electron chi connectivity index (χ3n) is 5.48. The van der Waals surface area contributed by atoms with Crippen LogP contribution in [0.5, 0.6) is 0 Å². The van der Waals surface area contributed by atoms with Crippen LogP contribution in [-0.2, 0) is 6.42 Å². The predicted octanol–water partition coefficient (Wildman–Crippen LogP) is 5.80. The van der Waals surface area contributed by atoms with Crippen molar-refractivity contribution in [3.05, 3.63) is 77.6 Å². The number of rotatable bonds is 7. The quantitative estimate of drug-likeness (QED) is 0.588. The van der Waals surface area contributed by atoms with Crippen molar-refractivity contribution in [2.75, 3.05) is 6.54 Å². The van der Waals surface area contributed by atoms with Crippen molar-refractivity contribution in [2.24, 2.45) is 5.92 Å². The maximum absolute atomic E-state index is 4.75. The molecule has 1 aliphatic rings. The van der Waals surface area contributed by atoms with E-state index in [-0.39, 0.29) is 6.04 Å². The van der Waals surface area contributed by atoms with Gasteiger partial charge in [0.15, 0.2) is 0 Å². The maximum atomic E-state index is 4.75. The molecule has 3 rings (SSSR count). The maximum Gasteiger partial charge on any atom is 0.0778 e. The number of allylic oxidation sites excluding steroid dienone is 2. The van der Waals surface area contributed by atoms with Gasteiger partial charge in [-0.3, -0.25) is 9.88 Å². The van der Waals surface area contributed by atoms with E-state index in [1.54, 1.807) is 0 Å². The lowest BCUT2D eigenvalue weighted by Gasteiger charge is -2.38. The van der Waals surface area contributed by atoms with Crippen LogP contribution < -0.4 is 0 Å². The summed E-state index contributed by atoms with van der Waals surface area (Å²) in [6, 6.07) is 16.1.